The predicted octanol–water partition coefficient (Wildman–Crippen LogP) is 2.34. The Balaban J connectivity index is 1.69. The average Bonchev–Trinajstić information content (AvgIpc) is 2.60. The minimum Gasteiger partial charge on any atom is -0.481 e. The first-order chi connectivity index (χ1) is 12.4. The number of nitrogens with one attached hydrogen (secondary N) is 2. The minimum atomic E-state index is -0.907. The Labute approximate surface area is 148 Å². The summed E-state index contributed by atoms with van der Waals surface area (Å²) in [7, 11) is 0. The van der Waals surface area contributed by atoms with Gasteiger partial charge in [0.2, 0.25) is 0 Å². The Morgan fingerprint density at radius 2 is 1.69 bits per heavy atom. The highest BCUT2D eigenvalue weighted by Gasteiger charge is 2.09. The van der Waals surface area contributed by atoms with Crippen LogP contribution in [0.15, 0.2) is 36.4 Å². The number of benzene rings is 2. The molecule has 2 rings (SSSR count). The molecule has 0 aliphatic carbocycles. The van der Waals surface area contributed by atoms with Crippen molar-refractivity contribution in [3.05, 3.63) is 65.0 Å². The van der Waals surface area contributed by atoms with E-state index in [-0.39, 0.29) is 24.4 Å². The lowest BCUT2D eigenvalue weighted by Gasteiger charge is -2.09. The van der Waals surface area contributed by atoms with Crippen LogP contribution in [0.3, 0.4) is 0 Å². The van der Waals surface area contributed by atoms with Gasteiger partial charge < -0.3 is 15.4 Å². The zero-order valence-electron chi connectivity index (χ0n) is 13.9. The summed E-state index contributed by atoms with van der Waals surface area (Å²) in [6, 6.07) is 6.87. The van der Waals surface area contributed by atoms with Crippen LogP contribution in [-0.2, 0) is 4.79 Å². The number of amides is 2. The molecule has 0 fully saturated rings. The molecule has 0 bridgehead atoms. The van der Waals surface area contributed by atoms with Crippen molar-refractivity contribution in [3.8, 4) is 5.75 Å². The number of halogens is 3. The normalized spacial score (nSPS) is 10.3. The largest absolute Gasteiger partial charge is 0.481 e. The maximum Gasteiger partial charge on any atom is 0.258 e. The van der Waals surface area contributed by atoms with Gasteiger partial charge in [-0.25, -0.2) is 13.2 Å². The fourth-order valence-electron chi connectivity index (χ4n) is 2.00. The smallest absolute Gasteiger partial charge is 0.258 e. The van der Waals surface area contributed by atoms with E-state index < -0.39 is 35.9 Å². The molecule has 8 heteroatoms. The van der Waals surface area contributed by atoms with Crippen LogP contribution in [0.4, 0.5) is 13.2 Å². The maximum absolute atomic E-state index is 13.4. The summed E-state index contributed by atoms with van der Waals surface area (Å²) in [6.07, 6.45) is 0. The summed E-state index contributed by atoms with van der Waals surface area (Å²) >= 11 is 0. The molecule has 0 aliphatic heterocycles. The van der Waals surface area contributed by atoms with Gasteiger partial charge in [0.15, 0.2) is 18.2 Å². The van der Waals surface area contributed by atoms with Crippen molar-refractivity contribution in [3.63, 3.8) is 0 Å². The van der Waals surface area contributed by atoms with E-state index in [1.807, 2.05) is 0 Å². The molecule has 0 saturated carbocycles. The van der Waals surface area contributed by atoms with Crippen LogP contribution in [-0.4, -0.2) is 31.5 Å². The molecule has 26 heavy (non-hydrogen) atoms. The van der Waals surface area contributed by atoms with Crippen LogP contribution in [0.25, 0.3) is 0 Å². The molecular weight excluding hydrogens is 349 g/mol. The summed E-state index contributed by atoms with van der Waals surface area (Å²) in [5.74, 6) is -3.38. The molecule has 0 saturated heterocycles. The zero-order valence-corrected chi connectivity index (χ0v) is 13.9. The van der Waals surface area contributed by atoms with Crippen molar-refractivity contribution in [2.45, 2.75) is 6.92 Å². The van der Waals surface area contributed by atoms with E-state index in [4.69, 9.17) is 4.74 Å². The van der Waals surface area contributed by atoms with E-state index in [9.17, 15) is 22.8 Å². The number of hydrogen-bond donors (Lipinski definition) is 2. The van der Waals surface area contributed by atoms with Crippen molar-refractivity contribution in [1.29, 1.82) is 0 Å². The Morgan fingerprint density at radius 3 is 2.38 bits per heavy atom. The van der Waals surface area contributed by atoms with E-state index in [0.717, 1.165) is 18.2 Å². The molecule has 0 atom stereocenters. The lowest BCUT2D eigenvalue weighted by atomic mass is 10.1. The van der Waals surface area contributed by atoms with Crippen LogP contribution >= 0.6 is 0 Å². The number of carbonyl (C=O) groups excluding carboxylic acids is 2. The molecule has 0 unspecified atom stereocenters. The summed E-state index contributed by atoms with van der Waals surface area (Å²) in [5, 5.41) is 4.99. The highest BCUT2D eigenvalue weighted by Crippen LogP contribution is 2.17. The SMILES string of the molecule is Cc1ccc(C(=O)NCCNC(=O)COc2ccc(F)cc2F)cc1F. The van der Waals surface area contributed by atoms with Crippen LogP contribution in [0.5, 0.6) is 5.75 Å². The number of carbonyl (C=O) groups is 2. The monoisotopic (exact) mass is 366 g/mol. The second-order valence-corrected chi connectivity index (χ2v) is 5.43. The van der Waals surface area contributed by atoms with Gasteiger partial charge in [-0.2, -0.15) is 0 Å². The first-order valence-electron chi connectivity index (χ1n) is 7.75. The number of hydrogen-bond acceptors (Lipinski definition) is 3. The van der Waals surface area contributed by atoms with E-state index in [1.54, 1.807) is 6.92 Å². The molecule has 0 heterocycles. The Morgan fingerprint density at radius 1 is 0.962 bits per heavy atom. The second kappa shape index (κ2) is 8.89. The number of ether oxygens (including phenoxy) is 1. The minimum absolute atomic E-state index is 0.105. The Hall–Kier alpha value is -3.03. The summed E-state index contributed by atoms with van der Waals surface area (Å²) < 4.78 is 44.4. The van der Waals surface area contributed by atoms with Crippen molar-refractivity contribution < 1.29 is 27.5 Å². The van der Waals surface area contributed by atoms with Crippen LogP contribution in [0, 0.1) is 24.4 Å². The third-order valence-corrected chi connectivity index (χ3v) is 3.42. The Kier molecular flexibility index (Phi) is 6.60. The van der Waals surface area contributed by atoms with Gasteiger partial charge in [-0.3, -0.25) is 9.59 Å². The summed E-state index contributed by atoms with van der Waals surface area (Å²) in [6.45, 7) is 1.35. The maximum atomic E-state index is 13.4. The molecule has 2 aromatic carbocycles. The molecule has 0 aromatic heterocycles. The van der Waals surface area contributed by atoms with Gasteiger partial charge in [0.25, 0.3) is 11.8 Å². The third-order valence-electron chi connectivity index (χ3n) is 3.42. The quantitative estimate of drug-likeness (QED) is 0.739. The van der Waals surface area contributed by atoms with Gasteiger partial charge in [-0.05, 0) is 36.8 Å². The summed E-state index contributed by atoms with van der Waals surface area (Å²) in [4.78, 5) is 23.4. The first-order valence-corrected chi connectivity index (χ1v) is 7.75. The lowest BCUT2D eigenvalue weighted by Crippen LogP contribution is -2.36. The van der Waals surface area contributed by atoms with Gasteiger partial charge in [-0.1, -0.05) is 6.07 Å². The fourth-order valence-corrected chi connectivity index (χ4v) is 2.00. The topological polar surface area (TPSA) is 67.4 Å². The van der Waals surface area contributed by atoms with Crippen LogP contribution in [0.1, 0.15) is 15.9 Å². The van der Waals surface area contributed by atoms with Gasteiger partial charge in [0.1, 0.15) is 11.6 Å². The highest BCUT2D eigenvalue weighted by atomic mass is 19.1. The van der Waals surface area contributed by atoms with Gasteiger partial charge in [-0.15, -0.1) is 0 Å². The van der Waals surface area contributed by atoms with Gasteiger partial charge in [0, 0.05) is 24.7 Å². The Bertz CT molecular complexity index is 812. The first kappa shape index (κ1) is 19.3. The van der Waals surface area contributed by atoms with Crippen molar-refractivity contribution >= 4 is 11.8 Å². The third kappa shape index (κ3) is 5.51. The van der Waals surface area contributed by atoms with Gasteiger partial charge in [0.05, 0.1) is 0 Å². The van der Waals surface area contributed by atoms with Crippen molar-refractivity contribution in [1.82, 2.24) is 10.6 Å². The molecule has 2 amide bonds. The van der Waals surface area contributed by atoms with E-state index in [2.05, 4.69) is 10.6 Å². The molecule has 5 nitrogen and oxygen atoms in total. The molecule has 138 valence electrons. The zero-order chi connectivity index (χ0) is 19.1. The molecule has 2 aromatic rings. The molecule has 2 N–H and O–H groups in total. The van der Waals surface area contributed by atoms with Crippen LogP contribution < -0.4 is 15.4 Å². The van der Waals surface area contributed by atoms with Crippen molar-refractivity contribution in [2.75, 3.05) is 19.7 Å². The van der Waals surface area contributed by atoms with E-state index >= 15 is 0 Å². The standard InChI is InChI=1S/C18H17F3N2O3/c1-11-2-3-12(8-14(11)20)18(25)23-7-6-22-17(24)10-26-16-5-4-13(19)9-15(16)21/h2-5,8-9H,6-7,10H2,1H3,(H,22,24)(H,23,25). The molecular formula is C18H17F3N2O3. The molecule has 0 radical (unpaired) electrons. The molecule has 0 aliphatic rings. The van der Waals surface area contributed by atoms with E-state index in [0.29, 0.717) is 11.6 Å². The number of aryl methyl sites for hydroxylation is 1. The van der Waals surface area contributed by atoms with Gasteiger partial charge >= 0.3 is 0 Å². The van der Waals surface area contributed by atoms with Crippen molar-refractivity contribution in [2.24, 2.45) is 0 Å². The highest BCUT2D eigenvalue weighted by molar-refractivity contribution is 5.94. The fraction of sp³-hybridized carbons (Fsp3) is 0.222. The predicted molar refractivity (Wildman–Crippen MR) is 88.3 cm³/mol. The lowest BCUT2D eigenvalue weighted by molar-refractivity contribution is -0.123. The van der Waals surface area contributed by atoms with E-state index in [1.165, 1.54) is 12.1 Å². The molecule has 0 spiro atoms. The summed E-state index contributed by atoms with van der Waals surface area (Å²) in [5.41, 5.74) is 0.612. The number of rotatable bonds is 7. The average molecular weight is 366 g/mol. The second-order valence-electron chi connectivity index (χ2n) is 5.43. The van der Waals surface area contributed by atoms with Crippen LogP contribution in [0.2, 0.25) is 0 Å².